The van der Waals surface area contributed by atoms with Crippen LogP contribution in [0.15, 0.2) is 52.1 Å². The van der Waals surface area contributed by atoms with Gasteiger partial charge in [-0.05, 0) is 56.5 Å². The second-order valence-electron chi connectivity index (χ2n) is 7.34. The lowest BCUT2D eigenvalue weighted by Crippen LogP contribution is -2.22. The Kier molecular flexibility index (Phi) is 5.86. The topological polar surface area (TPSA) is 96.6 Å². The predicted molar refractivity (Wildman–Crippen MR) is 119 cm³/mol. The lowest BCUT2D eigenvalue weighted by Gasteiger charge is -2.13. The number of rotatable bonds is 4. The average Bonchev–Trinajstić information content (AvgIpc) is 3.11. The van der Waals surface area contributed by atoms with Gasteiger partial charge in [0.25, 0.3) is 11.8 Å². The van der Waals surface area contributed by atoms with E-state index in [0.29, 0.717) is 46.3 Å². The molecule has 158 valence electrons. The van der Waals surface area contributed by atoms with E-state index in [-0.39, 0.29) is 17.6 Å². The van der Waals surface area contributed by atoms with Gasteiger partial charge in [-0.15, -0.1) is 0 Å². The number of hydrogen-bond acceptors (Lipinski definition) is 5. The van der Waals surface area contributed by atoms with Crippen molar-refractivity contribution >= 4 is 34.9 Å². The third-order valence-electron chi connectivity index (χ3n) is 5.15. The number of nitrogens with zero attached hydrogens (tertiary/aromatic N) is 2. The zero-order chi connectivity index (χ0) is 22.0. The van der Waals surface area contributed by atoms with Gasteiger partial charge in [-0.25, -0.2) is 10.4 Å². The molecule has 0 atom stereocenters. The number of fused-ring (bicyclic) bond motifs is 1. The van der Waals surface area contributed by atoms with Crippen LogP contribution in [0.2, 0.25) is 5.02 Å². The van der Waals surface area contributed by atoms with Crippen molar-refractivity contribution in [2.24, 2.45) is 5.10 Å². The highest BCUT2D eigenvalue weighted by Crippen LogP contribution is 2.30. The summed E-state index contributed by atoms with van der Waals surface area (Å²) in [4.78, 5) is 29.4. The Labute approximate surface area is 184 Å². The molecule has 0 saturated heterocycles. The Morgan fingerprint density at radius 2 is 1.97 bits per heavy atom. The van der Waals surface area contributed by atoms with E-state index in [4.69, 9.17) is 16.0 Å². The SMILES string of the molecule is Cc1cccnc1NC(=O)c1oc2c(c1C)/C(=N/NC(=O)c1cccc(Cl)c1)CCC2. The average molecular weight is 437 g/mol. The van der Waals surface area contributed by atoms with Crippen molar-refractivity contribution in [3.8, 4) is 0 Å². The van der Waals surface area contributed by atoms with Crippen molar-refractivity contribution < 1.29 is 14.0 Å². The van der Waals surface area contributed by atoms with Gasteiger partial charge in [-0.3, -0.25) is 9.59 Å². The molecule has 0 unspecified atom stereocenters. The van der Waals surface area contributed by atoms with Crippen LogP contribution < -0.4 is 10.7 Å². The third-order valence-corrected chi connectivity index (χ3v) is 5.39. The Morgan fingerprint density at radius 3 is 2.74 bits per heavy atom. The van der Waals surface area contributed by atoms with Crippen molar-refractivity contribution in [3.05, 3.63) is 81.4 Å². The van der Waals surface area contributed by atoms with Crippen LogP contribution in [-0.2, 0) is 6.42 Å². The molecular weight excluding hydrogens is 416 g/mol. The van der Waals surface area contributed by atoms with Gasteiger partial charge >= 0.3 is 0 Å². The van der Waals surface area contributed by atoms with Crippen LogP contribution >= 0.6 is 11.6 Å². The first-order chi connectivity index (χ1) is 14.9. The molecular formula is C23H21ClN4O3. The molecule has 3 aromatic rings. The summed E-state index contributed by atoms with van der Waals surface area (Å²) in [5, 5.41) is 7.61. The second-order valence-corrected chi connectivity index (χ2v) is 7.78. The molecule has 8 heteroatoms. The maximum Gasteiger partial charge on any atom is 0.292 e. The molecule has 1 aromatic carbocycles. The molecule has 2 N–H and O–H groups in total. The molecule has 1 aliphatic carbocycles. The molecule has 0 aliphatic heterocycles. The number of aromatic nitrogens is 1. The van der Waals surface area contributed by atoms with E-state index < -0.39 is 0 Å². The molecule has 0 fully saturated rings. The van der Waals surface area contributed by atoms with Crippen molar-refractivity contribution in [2.75, 3.05) is 5.32 Å². The Hall–Kier alpha value is -3.45. The van der Waals surface area contributed by atoms with Crippen LogP contribution in [0, 0.1) is 13.8 Å². The molecule has 2 heterocycles. The van der Waals surface area contributed by atoms with Crippen LogP contribution in [0.4, 0.5) is 5.82 Å². The van der Waals surface area contributed by atoms with Crippen molar-refractivity contribution in [2.45, 2.75) is 33.1 Å². The van der Waals surface area contributed by atoms with Gasteiger partial charge in [0.2, 0.25) is 0 Å². The van der Waals surface area contributed by atoms with Gasteiger partial charge in [0.15, 0.2) is 5.76 Å². The van der Waals surface area contributed by atoms with Crippen molar-refractivity contribution in [1.82, 2.24) is 10.4 Å². The Bertz CT molecular complexity index is 1200. The standard InChI is InChI=1S/C23H21ClN4O3/c1-13-6-5-11-25-21(13)26-23(30)20-14(2)19-17(9-4-10-18(19)31-20)27-28-22(29)15-7-3-8-16(24)12-15/h3,5-8,11-12H,4,9-10H2,1-2H3,(H,28,29)(H,25,26,30)/b27-17+. The molecule has 2 amide bonds. The smallest absolute Gasteiger partial charge is 0.292 e. The Morgan fingerprint density at radius 1 is 1.13 bits per heavy atom. The monoisotopic (exact) mass is 436 g/mol. The van der Waals surface area contributed by atoms with E-state index in [2.05, 4.69) is 20.8 Å². The van der Waals surface area contributed by atoms with E-state index >= 15 is 0 Å². The first-order valence-corrected chi connectivity index (χ1v) is 10.3. The van der Waals surface area contributed by atoms with Crippen LogP contribution in [-0.4, -0.2) is 22.5 Å². The number of pyridine rings is 1. The number of halogens is 1. The minimum absolute atomic E-state index is 0.228. The Balaban J connectivity index is 1.58. The van der Waals surface area contributed by atoms with Crippen molar-refractivity contribution in [1.29, 1.82) is 0 Å². The molecule has 31 heavy (non-hydrogen) atoms. The van der Waals surface area contributed by atoms with Crippen LogP contribution in [0.3, 0.4) is 0 Å². The summed E-state index contributed by atoms with van der Waals surface area (Å²) < 4.78 is 5.90. The van der Waals surface area contributed by atoms with Gasteiger partial charge in [-0.1, -0.05) is 23.7 Å². The zero-order valence-electron chi connectivity index (χ0n) is 17.2. The van der Waals surface area contributed by atoms with Crippen LogP contribution in [0.5, 0.6) is 0 Å². The quantitative estimate of drug-likeness (QED) is 0.581. The van der Waals surface area contributed by atoms with E-state index in [0.717, 1.165) is 17.5 Å². The molecule has 0 spiro atoms. The fourth-order valence-corrected chi connectivity index (χ4v) is 3.78. The number of hydrazone groups is 1. The minimum Gasteiger partial charge on any atom is -0.455 e. The molecule has 1 aliphatic rings. The van der Waals surface area contributed by atoms with E-state index in [1.165, 1.54) is 0 Å². The number of aryl methyl sites for hydroxylation is 2. The summed E-state index contributed by atoms with van der Waals surface area (Å²) in [6, 6.07) is 10.3. The van der Waals surface area contributed by atoms with E-state index in [1.807, 2.05) is 26.0 Å². The number of nitrogens with one attached hydrogen (secondary N) is 2. The lowest BCUT2D eigenvalue weighted by molar-refractivity contribution is 0.0953. The first kappa shape index (κ1) is 20.8. The molecule has 2 aromatic heterocycles. The zero-order valence-corrected chi connectivity index (χ0v) is 17.9. The van der Waals surface area contributed by atoms with Crippen LogP contribution in [0.25, 0.3) is 0 Å². The number of amides is 2. The largest absolute Gasteiger partial charge is 0.455 e. The number of anilines is 1. The second kappa shape index (κ2) is 8.73. The normalized spacial score (nSPS) is 14.2. The summed E-state index contributed by atoms with van der Waals surface area (Å²) >= 11 is 5.96. The maximum atomic E-state index is 12.8. The summed E-state index contributed by atoms with van der Waals surface area (Å²) in [7, 11) is 0. The molecule has 0 bridgehead atoms. The van der Waals surface area contributed by atoms with Gasteiger partial charge in [0, 0.05) is 34.3 Å². The minimum atomic E-state index is -0.365. The third kappa shape index (κ3) is 4.36. The van der Waals surface area contributed by atoms with E-state index in [9.17, 15) is 9.59 Å². The first-order valence-electron chi connectivity index (χ1n) is 9.92. The predicted octanol–water partition coefficient (Wildman–Crippen LogP) is 4.67. The van der Waals surface area contributed by atoms with Gasteiger partial charge in [-0.2, -0.15) is 5.10 Å². The number of benzene rings is 1. The van der Waals surface area contributed by atoms with Crippen LogP contribution in [0.1, 0.15) is 56.2 Å². The highest BCUT2D eigenvalue weighted by atomic mass is 35.5. The summed E-state index contributed by atoms with van der Waals surface area (Å²) in [5.74, 6) is 0.694. The fourth-order valence-electron chi connectivity index (χ4n) is 3.59. The number of carbonyl (C=O) groups is 2. The van der Waals surface area contributed by atoms with Gasteiger partial charge in [0.1, 0.15) is 11.6 Å². The summed E-state index contributed by atoms with van der Waals surface area (Å²) in [5.41, 5.74) is 6.02. The van der Waals surface area contributed by atoms with Crippen molar-refractivity contribution in [3.63, 3.8) is 0 Å². The van der Waals surface area contributed by atoms with Gasteiger partial charge in [0.05, 0.1) is 5.71 Å². The molecule has 0 radical (unpaired) electrons. The maximum absolute atomic E-state index is 12.8. The van der Waals surface area contributed by atoms with Gasteiger partial charge < -0.3 is 9.73 Å². The number of hydrogen-bond donors (Lipinski definition) is 2. The fraction of sp³-hybridized carbons (Fsp3) is 0.217. The number of carbonyl (C=O) groups excluding carboxylic acids is 2. The molecule has 0 saturated carbocycles. The molecule has 7 nitrogen and oxygen atoms in total. The van der Waals surface area contributed by atoms with E-state index in [1.54, 1.807) is 30.5 Å². The lowest BCUT2D eigenvalue weighted by atomic mass is 9.93. The molecule has 4 rings (SSSR count). The summed E-state index contributed by atoms with van der Waals surface area (Å²) in [6.45, 7) is 3.69. The highest BCUT2D eigenvalue weighted by Gasteiger charge is 2.28. The summed E-state index contributed by atoms with van der Waals surface area (Å²) in [6.07, 6.45) is 3.80. The highest BCUT2D eigenvalue weighted by molar-refractivity contribution is 6.31. The number of furan rings is 1.